The first-order valence-electron chi connectivity index (χ1n) is 6.69. The first-order chi connectivity index (χ1) is 10.1. The van der Waals surface area contributed by atoms with Crippen molar-refractivity contribution in [1.82, 2.24) is 0 Å². The van der Waals surface area contributed by atoms with Gasteiger partial charge in [-0.1, -0.05) is 65.7 Å². The van der Waals surface area contributed by atoms with E-state index in [1.54, 1.807) is 18.2 Å². The molecule has 3 aromatic carbocycles. The van der Waals surface area contributed by atoms with Crippen LogP contribution in [0.3, 0.4) is 0 Å². The molecular formula is C18H14Cl2O. The average molecular weight is 317 g/mol. The lowest BCUT2D eigenvalue weighted by Gasteiger charge is -2.17. The van der Waals surface area contributed by atoms with Gasteiger partial charge in [0.25, 0.3) is 0 Å². The van der Waals surface area contributed by atoms with Gasteiger partial charge in [0, 0.05) is 15.6 Å². The van der Waals surface area contributed by atoms with Gasteiger partial charge in [-0.3, -0.25) is 0 Å². The lowest BCUT2D eigenvalue weighted by atomic mass is 9.94. The number of benzene rings is 3. The highest BCUT2D eigenvalue weighted by Gasteiger charge is 2.17. The summed E-state index contributed by atoms with van der Waals surface area (Å²) in [4.78, 5) is 0. The van der Waals surface area contributed by atoms with Crippen LogP contribution in [0.1, 0.15) is 22.8 Å². The molecule has 3 heteroatoms. The normalized spacial score (nSPS) is 12.6. The predicted octanol–water partition coefficient (Wildman–Crippen LogP) is 5.54. The van der Waals surface area contributed by atoms with Crippen molar-refractivity contribution in [3.63, 3.8) is 0 Å². The molecule has 0 bridgehead atoms. The molecule has 1 nitrogen and oxygen atoms in total. The molecule has 0 fully saturated rings. The Bertz CT molecular complexity index is 811. The number of fused-ring (bicyclic) bond motifs is 1. The fourth-order valence-electron chi connectivity index (χ4n) is 2.60. The zero-order valence-electron chi connectivity index (χ0n) is 11.5. The van der Waals surface area contributed by atoms with E-state index in [1.165, 1.54) is 5.56 Å². The molecule has 0 amide bonds. The Balaban J connectivity index is 2.18. The van der Waals surface area contributed by atoms with Crippen molar-refractivity contribution in [2.24, 2.45) is 0 Å². The van der Waals surface area contributed by atoms with Crippen molar-refractivity contribution < 1.29 is 5.11 Å². The van der Waals surface area contributed by atoms with E-state index < -0.39 is 6.10 Å². The summed E-state index contributed by atoms with van der Waals surface area (Å²) in [6, 6.07) is 17.2. The Morgan fingerprint density at radius 3 is 2.24 bits per heavy atom. The van der Waals surface area contributed by atoms with Gasteiger partial charge in [-0.25, -0.2) is 0 Å². The Kier molecular flexibility index (Phi) is 3.90. The summed E-state index contributed by atoms with van der Waals surface area (Å²) in [5.41, 5.74) is 2.69. The molecule has 1 unspecified atom stereocenters. The molecule has 0 saturated carbocycles. The largest absolute Gasteiger partial charge is 0.384 e. The molecule has 0 spiro atoms. The van der Waals surface area contributed by atoms with Crippen LogP contribution in [0.2, 0.25) is 10.0 Å². The monoisotopic (exact) mass is 316 g/mol. The van der Waals surface area contributed by atoms with Crippen molar-refractivity contribution in [2.45, 2.75) is 13.0 Å². The molecule has 0 aliphatic rings. The fraction of sp³-hybridized carbons (Fsp3) is 0.111. The topological polar surface area (TPSA) is 20.2 Å². The second kappa shape index (κ2) is 5.69. The maximum atomic E-state index is 10.7. The maximum absolute atomic E-state index is 10.7. The molecule has 0 aromatic heterocycles. The van der Waals surface area contributed by atoms with Gasteiger partial charge in [0.2, 0.25) is 0 Å². The summed E-state index contributed by atoms with van der Waals surface area (Å²) >= 11 is 12.1. The van der Waals surface area contributed by atoms with Gasteiger partial charge >= 0.3 is 0 Å². The highest BCUT2D eigenvalue weighted by Crippen LogP contribution is 2.34. The lowest BCUT2D eigenvalue weighted by molar-refractivity contribution is 0.222. The van der Waals surface area contributed by atoms with Gasteiger partial charge in [-0.15, -0.1) is 0 Å². The molecule has 0 aliphatic heterocycles. The van der Waals surface area contributed by atoms with E-state index in [1.807, 2.05) is 30.3 Å². The van der Waals surface area contributed by atoms with Gasteiger partial charge in [-0.05, 0) is 41.0 Å². The van der Waals surface area contributed by atoms with E-state index >= 15 is 0 Å². The molecule has 3 aromatic rings. The van der Waals surface area contributed by atoms with Crippen LogP contribution < -0.4 is 0 Å². The molecule has 1 atom stereocenters. The molecule has 0 aliphatic carbocycles. The summed E-state index contributed by atoms with van der Waals surface area (Å²) in [7, 11) is 0. The fourth-order valence-corrected chi connectivity index (χ4v) is 3.11. The second-order valence-electron chi connectivity index (χ2n) is 5.09. The minimum atomic E-state index is -0.778. The number of aliphatic hydroxyl groups excluding tert-OH is 1. The molecule has 0 radical (unpaired) electrons. The SMILES string of the molecule is Cc1ccc(C(O)c2ccc(Cl)cc2Cl)c2ccccc12. The van der Waals surface area contributed by atoms with Crippen molar-refractivity contribution in [3.8, 4) is 0 Å². The van der Waals surface area contributed by atoms with Gasteiger partial charge in [-0.2, -0.15) is 0 Å². The quantitative estimate of drug-likeness (QED) is 0.658. The van der Waals surface area contributed by atoms with Crippen LogP contribution in [-0.2, 0) is 0 Å². The summed E-state index contributed by atoms with van der Waals surface area (Å²) in [5.74, 6) is 0. The van der Waals surface area contributed by atoms with Gasteiger partial charge in [0.15, 0.2) is 0 Å². The van der Waals surface area contributed by atoms with Crippen LogP contribution >= 0.6 is 23.2 Å². The third kappa shape index (κ3) is 2.65. The standard InChI is InChI=1S/C18H14Cl2O/c1-11-6-8-15(14-5-3-2-4-13(11)14)18(21)16-9-7-12(19)10-17(16)20/h2-10,18,21H,1H3. The van der Waals surface area contributed by atoms with E-state index in [-0.39, 0.29) is 0 Å². The zero-order valence-corrected chi connectivity index (χ0v) is 13.0. The summed E-state index contributed by atoms with van der Waals surface area (Å²) < 4.78 is 0. The van der Waals surface area contributed by atoms with Crippen molar-refractivity contribution in [3.05, 3.63) is 81.3 Å². The number of rotatable bonds is 2. The van der Waals surface area contributed by atoms with E-state index in [4.69, 9.17) is 23.2 Å². The molecule has 3 rings (SSSR count). The predicted molar refractivity (Wildman–Crippen MR) is 89.2 cm³/mol. The van der Waals surface area contributed by atoms with E-state index in [9.17, 15) is 5.11 Å². The van der Waals surface area contributed by atoms with Crippen LogP contribution in [0.5, 0.6) is 0 Å². The highest BCUT2D eigenvalue weighted by molar-refractivity contribution is 6.35. The van der Waals surface area contributed by atoms with Crippen LogP contribution in [0.25, 0.3) is 10.8 Å². The third-order valence-electron chi connectivity index (χ3n) is 3.73. The summed E-state index contributed by atoms with van der Waals surface area (Å²) in [6.45, 7) is 2.06. The second-order valence-corrected chi connectivity index (χ2v) is 5.93. The molecular weight excluding hydrogens is 303 g/mol. The Labute approximate surface area is 133 Å². The number of aryl methyl sites for hydroxylation is 1. The van der Waals surface area contributed by atoms with Gasteiger partial charge in [0.1, 0.15) is 6.10 Å². The minimum Gasteiger partial charge on any atom is -0.384 e. The number of hydrogen-bond acceptors (Lipinski definition) is 1. The van der Waals surface area contributed by atoms with Crippen molar-refractivity contribution >= 4 is 34.0 Å². The molecule has 0 heterocycles. The minimum absolute atomic E-state index is 0.472. The third-order valence-corrected chi connectivity index (χ3v) is 4.29. The van der Waals surface area contributed by atoms with Gasteiger partial charge < -0.3 is 5.11 Å². The number of hydrogen-bond donors (Lipinski definition) is 1. The van der Waals surface area contributed by atoms with E-state index in [2.05, 4.69) is 13.0 Å². The molecule has 106 valence electrons. The summed E-state index contributed by atoms with van der Waals surface area (Å²) in [5, 5.41) is 13.9. The molecule has 1 N–H and O–H groups in total. The molecule has 0 saturated heterocycles. The van der Waals surface area contributed by atoms with Crippen LogP contribution in [0.4, 0.5) is 0 Å². The highest BCUT2D eigenvalue weighted by atomic mass is 35.5. The van der Waals surface area contributed by atoms with Crippen LogP contribution in [0.15, 0.2) is 54.6 Å². The zero-order chi connectivity index (χ0) is 15.0. The average Bonchev–Trinajstić information content (AvgIpc) is 2.47. The Hall–Kier alpha value is -1.54. The maximum Gasteiger partial charge on any atom is 0.106 e. The Morgan fingerprint density at radius 2 is 1.52 bits per heavy atom. The smallest absolute Gasteiger partial charge is 0.106 e. The molecule has 21 heavy (non-hydrogen) atoms. The first-order valence-corrected chi connectivity index (χ1v) is 7.45. The Morgan fingerprint density at radius 1 is 0.857 bits per heavy atom. The summed E-state index contributed by atoms with van der Waals surface area (Å²) in [6.07, 6.45) is -0.778. The van der Waals surface area contributed by atoms with Crippen molar-refractivity contribution in [2.75, 3.05) is 0 Å². The number of aliphatic hydroxyl groups is 1. The van der Waals surface area contributed by atoms with Crippen molar-refractivity contribution in [1.29, 1.82) is 0 Å². The first kappa shape index (κ1) is 14.4. The van der Waals surface area contributed by atoms with E-state index in [0.717, 1.165) is 16.3 Å². The van der Waals surface area contributed by atoms with E-state index in [0.29, 0.717) is 15.6 Å². The number of halogens is 2. The lowest BCUT2D eigenvalue weighted by Crippen LogP contribution is -2.02. The van der Waals surface area contributed by atoms with Crippen LogP contribution in [0, 0.1) is 6.92 Å². The van der Waals surface area contributed by atoms with Gasteiger partial charge in [0.05, 0.1) is 0 Å². The van der Waals surface area contributed by atoms with Crippen LogP contribution in [-0.4, -0.2) is 5.11 Å².